The minimum atomic E-state index is 0.731. The second-order valence-electron chi connectivity index (χ2n) is 1.83. The van der Waals surface area contributed by atoms with Crippen molar-refractivity contribution in [3.63, 3.8) is 0 Å². The smallest absolute Gasteiger partial charge is 0.0383 e. The maximum Gasteiger partial charge on any atom is 0.0383 e. The lowest BCUT2D eigenvalue weighted by atomic mass is 10.3. The standard InChI is InChI=1S/C4H6N/c1-3-4-2-5(3)4/h3-4H,1-2H2/t3-,4+,5?/m1/s1. The summed E-state index contributed by atoms with van der Waals surface area (Å²) in [6, 6.07) is 1.67. The highest BCUT2D eigenvalue weighted by Gasteiger charge is 2.58. The van der Waals surface area contributed by atoms with Crippen molar-refractivity contribution in [1.82, 2.24) is 4.90 Å². The molecule has 0 spiro atoms. The van der Waals surface area contributed by atoms with Gasteiger partial charge in [0.05, 0.1) is 0 Å². The normalized spacial score (nSPS) is 70.2. The molecule has 5 heavy (non-hydrogen) atoms. The van der Waals surface area contributed by atoms with Crippen LogP contribution in [-0.4, -0.2) is 23.5 Å². The second-order valence-corrected chi connectivity index (χ2v) is 1.83. The summed E-state index contributed by atoms with van der Waals surface area (Å²) in [5.41, 5.74) is 0. The van der Waals surface area contributed by atoms with Gasteiger partial charge in [0.2, 0.25) is 0 Å². The Labute approximate surface area is 31.6 Å². The van der Waals surface area contributed by atoms with Gasteiger partial charge < -0.3 is 0 Å². The van der Waals surface area contributed by atoms with Crippen LogP contribution in [0.3, 0.4) is 0 Å². The number of hydrogen-bond donors (Lipinski definition) is 0. The van der Waals surface area contributed by atoms with Crippen LogP contribution in [0.5, 0.6) is 0 Å². The first kappa shape index (κ1) is 2.19. The third-order valence-corrected chi connectivity index (χ3v) is 1.47. The summed E-state index contributed by atoms with van der Waals surface area (Å²) in [6.07, 6.45) is 0. The van der Waals surface area contributed by atoms with Crippen LogP contribution in [0, 0.1) is 6.92 Å². The van der Waals surface area contributed by atoms with Gasteiger partial charge >= 0.3 is 0 Å². The fourth-order valence-corrected chi connectivity index (χ4v) is 0.680. The highest BCUT2D eigenvalue weighted by atomic mass is 15.5. The van der Waals surface area contributed by atoms with Crippen molar-refractivity contribution < 1.29 is 0 Å². The Morgan fingerprint density at radius 1 is 1.80 bits per heavy atom. The van der Waals surface area contributed by atoms with Gasteiger partial charge in [-0.2, -0.15) is 0 Å². The lowest BCUT2D eigenvalue weighted by Gasteiger charge is -1.82. The number of hydrogen-bond acceptors (Lipinski definition) is 1. The summed E-state index contributed by atoms with van der Waals surface area (Å²) in [7, 11) is 0. The molecule has 2 rings (SSSR count). The molecule has 2 aliphatic heterocycles. The predicted molar refractivity (Wildman–Crippen MR) is 19.6 cm³/mol. The van der Waals surface area contributed by atoms with E-state index in [1.54, 1.807) is 0 Å². The quantitative estimate of drug-likeness (QED) is 0.358. The minimum absolute atomic E-state index is 0.731. The van der Waals surface area contributed by atoms with Crippen molar-refractivity contribution in [2.45, 2.75) is 12.1 Å². The van der Waals surface area contributed by atoms with Crippen LogP contribution in [0.4, 0.5) is 0 Å². The zero-order chi connectivity index (χ0) is 3.44. The summed E-state index contributed by atoms with van der Waals surface area (Å²) >= 11 is 0. The zero-order valence-corrected chi connectivity index (χ0v) is 3.02. The molecule has 2 aliphatic rings. The van der Waals surface area contributed by atoms with Gasteiger partial charge in [-0.1, -0.05) is 0 Å². The first-order chi connectivity index (χ1) is 2.39. The van der Waals surface area contributed by atoms with E-state index in [4.69, 9.17) is 0 Å². The summed E-state index contributed by atoms with van der Waals surface area (Å²) in [4.78, 5) is 2.35. The fraction of sp³-hybridized carbons (Fsp3) is 0.750. The molecule has 0 saturated carbocycles. The molecule has 0 amide bonds. The number of fused-ring (bicyclic) bond motifs is 1. The maximum absolute atomic E-state index is 3.81. The summed E-state index contributed by atoms with van der Waals surface area (Å²) < 4.78 is 0. The van der Waals surface area contributed by atoms with Gasteiger partial charge in [-0.25, -0.2) is 0 Å². The molecule has 27 valence electrons. The van der Waals surface area contributed by atoms with Crippen molar-refractivity contribution in [3.8, 4) is 0 Å². The molecule has 0 aromatic heterocycles. The van der Waals surface area contributed by atoms with Gasteiger partial charge in [-0.05, 0) is 6.92 Å². The molecule has 3 atom stereocenters. The maximum atomic E-state index is 3.81. The van der Waals surface area contributed by atoms with E-state index in [0.717, 1.165) is 12.1 Å². The van der Waals surface area contributed by atoms with Crippen LogP contribution < -0.4 is 0 Å². The first-order valence-corrected chi connectivity index (χ1v) is 1.98. The van der Waals surface area contributed by atoms with Crippen LogP contribution in [0.2, 0.25) is 0 Å². The molecule has 1 radical (unpaired) electrons. The minimum Gasteiger partial charge on any atom is -0.291 e. The van der Waals surface area contributed by atoms with E-state index in [-0.39, 0.29) is 0 Å². The largest absolute Gasteiger partial charge is 0.291 e. The molecular weight excluding hydrogens is 62.1 g/mol. The van der Waals surface area contributed by atoms with Gasteiger partial charge in [0.25, 0.3) is 0 Å². The predicted octanol–water partition coefficient (Wildman–Crippen LogP) is -0.113. The van der Waals surface area contributed by atoms with Gasteiger partial charge in [0, 0.05) is 18.6 Å². The van der Waals surface area contributed by atoms with Crippen molar-refractivity contribution in [3.05, 3.63) is 6.92 Å². The summed E-state index contributed by atoms with van der Waals surface area (Å²) in [6.45, 7) is 5.15. The Bertz CT molecular complexity index is 55.3. The van der Waals surface area contributed by atoms with Crippen molar-refractivity contribution in [2.24, 2.45) is 0 Å². The Kier molecular flexibility index (Phi) is 0.153. The SMILES string of the molecule is [CH2][C@@H]1[C@@H]2CN12. The molecule has 0 aromatic rings. The van der Waals surface area contributed by atoms with Crippen molar-refractivity contribution in [2.75, 3.05) is 6.54 Å². The van der Waals surface area contributed by atoms with E-state index < -0.39 is 0 Å². The monoisotopic (exact) mass is 68.1 g/mol. The van der Waals surface area contributed by atoms with Crippen molar-refractivity contribution in [1.29, 1.82) is 0 Å². The molecule has 1 heteroatoms. The highest BCUT2D eigenvalue weighted by Crippen LogP contribution is 2.42. The molecule has 1 nitrogen and oxygen atoms in total. The molecule has 0 bridgehead atoms. The Morgan fingerprint density at radius 3 is 2.20 bits per heavy atom. The lowest BCUT2D eigenvalue weighted by molar-refractivity contribution is 0.717. The van der Waals surface area contributed by atoms with E-state index in [0.29, 0.717) is 0 Å². The molecule has 0 N–H and O–H groups in total. The Morgan fingerprint density at radius 2 is 2.20 bits per heavy atom. The van der Waals surface area contributed by atoms with Gasteiger partial charge in [0.15, 0.2) is 0 Å². The van der Waals surface area contributed by atoms with Crippen LogP contribution in [0.15, 0.2) is 0 Å². The zero-order valence-electron chi connectivity index (χ0n) is 3.02. The van der Waals surface area contributed by atoms with E-state index in [9.17, 15) is 0 Å². The van der Waals surface area contributed by atoms with Crippen LogP contribution in [0.25, 0.3) is 0 Å². The Hall–Kier alpha value is -0.0400. The highest BCUT2D eigenvalue weighted by molar-refractivity contribution is 5.19. The van der Waals surface area contributed by atoms with E-state index >= 15 is 0 Å². The molecule has 2 heterocycles. The molecule has 0 aromatic carbocycles. The summed E-state index contributed by atoms with van der Waals surface area (Å²) in [5, 5.41) is 0. The van der Waals surface area contributed by atoms with Crippen molar-refractivity contribution >= 4 is 0 Å². The molecule has 2 fully saturated rings. The average Bonchev–Trinajstić information content (AvgIpc) is 2.11. The van der Waals surface area contributed by atoms with E-state index in [2.05, 4.69) is 11.8 Å². The number of rotatable bonds is 0. The van der Waals surface area contributed by atoms with Crippen LogP contribution in [0.1, 0.15) is 0 Å². The fourth-order valence-electron chi connectivity index (χ4n) is 0.680. The number of nitrogens with zero attached hydrogens (tertiary/aromatic N) is 1. The van der Waals surface area contributed by atoms with Crippen LogP contribution in [-0.2, 0) is 0 Å². The van der Waals surface area contributed by atoms with Gasteiger partial charge in [-0.15, -0.1) is 0 Å². The first-order valence-electron chi connectivity index (χ1n) is 1.98. The summed E-state index contributed by atoms with van der Waals surface area (Å²) in [5.74, 6) is 0. The molecule has 2 saturated heterocycles. The Balaban J connectivity index is 2.19. The van der Waals surface area contributed by atoms with E-state index in [1.165, 1.54) is 6.54 Å². The van der Waals surface area contributed by atoms with E-state index in [1.807, 2.05) is 0 Å². The van der Waals surface area contributed by atoms with Gasteiger partial charge in [-0.3, -0.25) is 4.90 Å². The molecular formula is C4H6N. The van der Waals surface area contributed by atoms with Crippen LogP contribution >= 0.6 is 0 Å². The molecule has 1 unspecified atom stereocenters. The third kappa shape index (κ3) is 0.106. The molecule has 0 aliphatic carbocycles. The topological polar surface area (TPSA) is 3.01 Å². The average molecular weight is 68.1 g/mol. The second kappa shape index (κ2) is 0.350. The lowest BCUT2D eigenvalue weighted by Crippen LogP contribution is -1.97. The third-order valence-electron chi connectivity index (χ3n) is 1.47. The van der Waals surface area contributed by atoms with Gasteiger partial charge in [0.1, 0.15) is 0 Å².